The van der Waals surface area contributed by atoms with Crippen molar-refractivity contribution in [2.75, 3.05) is 7.05 Å². The van der Waals surface area contributed by atoms with Gasteiger partial charge in [-0.05, 0) is 67.2 Å². The fraction of sp³-hybridized carbons (Fsp3) is 0.269. The van der Waals surface area contributed by atoms with Gasteiger partial charge in [0.25, 0.3) is 5.91 Å². The average Bonchev–Trinajstić information content (AvgIpc) is 3.01. The van der Waals surface area contributed by atoms with Gasteiger partial charge in [-0.15, -0.1) is 0 Å². The first kappa shape index (κ1) is 20.2. The number of allylic oxidation sites excluding steroid dienone is 2. The van der Waals surface area contributed by atoms with Crippen LogP contribution in [0.4, 0.5) is 0 Å². The molecule has 32 heavy (non-hydrogen) atoms. The second-order valence-corrected chi connectivity index (χ2v) is 9.11. The minimum absolute atomic E-state index is 0.0303. The molecule has 0 saturated carbocycles. The highest BCUT2D eigenvalue weighted by Crippen LogP contribution is 2.37. The molecule has 160 valence electrons. The third kappa shape index (κ3) is 3.23. The molecule has 1 aliphatic heterocycles. The Morgan fingerprint density at radius 2 is 1.66 bits per heavy atom. The largest absolute Gasteiger partial charge is 0.336 e. The summed E-state index contributed by atoms with van der Waals surface area (Å²) in [4.78, 5) is 40.5. The standard InChI is InChI=1S/C26H24N4O2/c1-15-27-12-20(13-28-15)16-5-6-22-18(7-16)8-17(10-24(31)26(22,2)3)19-9-21-23(29-11-19)14-30(4)25(21)32/h5-7,9-13H,8,14H2,1-4H3. The van der Waals surface area contributed by atoms with Crippen LogP contribution in [0.15, 0.2) is 48.9 Å². The zero-order valence-electron chi connectivity index (χ0n) is 18.6. The van der Waals surface area contributed by atoms with Crippen molar-refractivity contribution in [3.63, 3.8) is 0 Å². The minimum Gasteiger partial charge on any atom is -0.336 e. The summed E-state index contributed by atoms with van der Waals surface area (Å²) in [5, 5.41) is 0. The van der Waals surface area contributed by atoms with E-state index in [0.717, 1.165) is 44.9 Å². The van der Waals surface area contributed by atoms with Crippen LogP contribution < -0.4 is 0 Å². The first-order valence-corrected chi connectivity index (χ1v) is 10.7. The molecule has 0 N–H and O–H groups in total. The molecule has 2 aliphatic rings. The van der Waals surface area contributed by atoms with Gasteiger partial charge in [0, 0.05) is 31.2 Å². The molecule has 6 nitrogen and oxygen atoms in total. The Labute approximate surface area is 187 Å². The van der Waals surface area contributed by atoms with Crippen LogP contribution in [0.2, 0.25) is 0 Å². The highest BCUT2D eigenvalue weighted by molar-refractivity contribution is 6.06. The van der Waals surface area contributed by atoms with Crippen LogP contribution in [0, 0.1) is 6.92 Å². The minimum atomic E-state index is -0.653. The Kier molecular flexibility index (Phi) is 4.55. The molecular formula is C26H24N4O2. The first-order valence-electron chi connectivity index (χ1n) is 10.7. The van der Waals surface area contributed by atoms with Crippen molar-refractivity contribution >= 4 is 17.3 Å². The summed E-state index contributed by atoms with van der Waals surface area (Å²) in [6.07, 6.45) is 7.72. The number of benzene rings is 1. The molecule has 2 aromatic heterocycles. The summed E-state index contributed by atoms with van der Waals surface area (Å²) in [6, 6.07) is 8.07. The lowest BCUT2D eigenvalue weighted by atomic mass is 9.78. The van der Waals surface area contributed by atoms with Gasteiger partial charge in [-0.25, -0.2) is 9.97 Å². The summed E-state index contributed by atoms with van der Waals surface area (Å²) in [6.45, 7) is 6.30. The topological polar surface area (TPSA) is 76.1 Å². The number of carbonyl (C=O) groups is 2. The number of ketones is 1. The van der Waals surface area contributed by atoms with Gasteiger partial charge >= 0.3 is 0 Å². The van der Waals surface area contributed by atoms with Crippen LogP contribution >= 0.6 is 0 Å². The monoisotopic (exact) mass is 424 g/mol. The van der Waals surface area contributed by atoms with Gasteiger partial charge in [0.1, 0.15) is 5.82 Å². The third-order valence-electron chi connectivity index (χ3n) is 6.50. The van der Waals surface area contributed by atoms with E-state index in [1.54, 1.807) is 24.2 Å². The molecule has 0 fully saturated rings. The predicted molar refractivity (Wildman–Crippen MR) is 122 cm³/mol. The van der Waals surface area contributed by atoms with E-state index in [4.69, 9.17) is 0 Å². The maximum atomic E-state index is 13.2. The Morgan fingerprint density at radius 3 is 2.41 bits per heavy atom. The SMILES string of the molecule is Cc1ncc(-c2ccc3c(c2)CC(c2cnc4c(c2)C(=O)N(C)C4)=CC(=O)C3(C)C)cn1. The number of hydrogen-bond acceptors (Lipinski definition) is 5. The second-order valence-electron chi connectivity index (χ2n) is 9.11. The van der Waals surface area contributed by atoms with Crippen molar-refractivity contribution in [2.45, 2.75) is 39.2 Å². The molecule has 1 aliphatic carbocycles. The summed E-state index contributed by atoms with van der Waals surface area (Å²) in [5.41, 5.74) is 6.47. The summed E-state index contributed by atoms with van der Waals surface area (Å²) in [7, 11) is 1.77. The first-order chi connectivity index (χ1) is 15.2. The molecule has 1 amide bonds. The number of pyridine rings is 1. The maximum Gasteiger partial charge on any atom is 0.255 e. The van der Waals surface area contributed by atoms with Crippen molar-refractivity contribution in [1.29, 1.82) is 0 Å². The number of aryl methyl sites for hydroxylation is 1. The maximum absolute atomic E-state index is 13.2. The van der Waals surface area contributed by atoms with Gasteiger partial charge in [0.2, 0.25) is 0 Å². The molecule has 0 saturated heterocycles. The normalized spacial score (nSPS) is 17.0. The van der Waals surface area contributed by atoms with Gasteiger partial charge in [0.05, 0.1) is 23.2 Å². The van der Waals surface area contributed by atoms with Crippen LogP contribution in [-0.4, -0.2) is 38.6 Å². The molecule has 6 heteroatoms. The van der Waals surface area contributed by atoms with E-state index in [9.17, 15) is 9.59 Å². The van der Waals surface area contributed by atoms with Crippen LogP contribution in [0.1, 0.15) is 52.4 Å². The van der Waals surface area contributed by atoms with Crippen molar-refractivity contribution in [1.82, 2.24) is 19.9 Å². The smallest absolute Gasteiger partial charge is 0.255 e. The predicted octanol–water partition coefficient (Wildman–Crippen LogP) is 3.92. The van der Waals surface area contributed by atoms with E-state index in [1.165, 1.54) is 0 Å². The van der Waals surface area contributed by atoms with Crippen molar-refractivity contribution in [3.05, 3.63) is 82.7 Å². The molecule has 0 spiro atoms. The lowest BCUT2D eigenvalue weighted by Gasteiger charge is -2.24. The van der Waals surface area contributed by atoms with Gasteiger partial charge in [-0.3, -0.25) is 14.6 Å². The van der Waals surface area contributed by atoms with E-state index in [1.807, 2.05) is 51.4 Å². The number of nitrogens with zero attached hydrogens (tertiary/aromatic N) is 4. The van der Waals surface area contributed by atoms with Crippen LogP contribution in [0.3, 0.4) is 0 Å². The molecule has 1 aromatic carbocycles. The quantitative estimate of drug-likeness (QED) is 0.623. The van der Waals surface area contributed by atoms with E-state index in [-0.39, 0.29) is 11.7 Å². The van der Waals surface area contributed by atoms with Gasteiger partial charge in [0.15, 0.2) is 5.78 Å². The number of hydrogen-bond donors (Lipinski definition) is 0. The molecule has 3 heterocycles. The van der Waals surface area contributed by atoms with Crippen LogP contribution in [-0.2, 0) is 23.2 Å². The summed E-state index contributed by atoms with van der Waals surface area (Å²) in [5.74, 6) is 0.739. The summed E-state index contributed by atoms with van der Waals surface area (Å²) >= 11 is 0. The number of rotatable bonds is 2. The molecule has 5 rings (SSSR count). The lowest BCUT2D eigenvalue weighted by Crippen LogP contribution is -2.27. The van der Waals surface area contributed by atoms with Crippen molar-refractivity contribution in [3.8, 4) is 11.1 Å². The highest BCUT2D eigenvalue weighted by atomic mass is 16.2. The van der Waals surface area contributed by atoms with Crippen LogP contribution in [0.25, 0.3) is 16.7 Å². The lowest BCUT2D eigenvalue weighted by molar-refractivity contribution is -0.118. The van der Waals surface area contributed by atoms with E-state index in [2.05, 4.69) is 21.0 Å². The fourth-order valence-corrected chi connectivity index (χ4v) is 4.47. The summed E-state index contributed by atoms with van der Waals surface area (Å²) < 4.78 is 0. The molecule has 0 radical (unpaired) electrons. The van der Waals surface area contributed by atoms with Gasteiger partial charge in [-0.2, -0.15) is 0 Å². The number of aromatic nitrogens is 3. The van der Waals surface area contributed by atoms with Gasteiger partial charge < -0.3 is 4.90 Å². The molecular weight excluding hydrogens is 400 g/mol. The average molecular weight is 425 g/mol. The Bertz CT molecular complexity index is 1310. The van der Waals surface area contributed by atoms with Crippen molar-refractivity contribution < 1.29 is 9.59 Å². The van der Waals surface area contributed by atoms with Gasteiger partial charge in [-0.1, -0.05) is 18.2 Å². The molecule has 0 bridgehead atoms. The van der Waals surface area contributed by atoms with Crippen molar-refractivity contribution in [2.24, 2.45) is 0 Å². The number of carbonyl (C=O) groups excluding carboxylic acids is 2. The van der Waals surface area contributed by atoms with Crippen LogP contribution in [0.5, 0.6) is 0 Å². The van der Waals surface area contributed by atoms with E-state index >= 15 is 0 Å². The Hall–Kier alpha value is -3.67. The highest BCUT2D eigenvalue weighted by Gasteiger charge is 2.34. The zero-order valence-corrected chi connectivity index (χ0v) is 18.6. The molecule has 0 unspecified atom stereocenters. The van der Waals surface area contributed by atoms with E-state index in [0.29, 0.717) is 18.5 Å². The van der Waals surface area contributed by atoms with E-state index < -0.39 is 5.41 Å². The Morgan fingerprint density at radius 1 is 0.938 bits per heavy atom. The fourth-order valence-electron chi connectivity index (χ4n) is 4.47. The number of amides is 1. The number of fused-ring (bicyclic) bond motifs is 2. The molecule has 3 aromatic rings. The zero-order chi connectivity index (χ0) is 22.6. The third-order valence-corrected chi connectivity index (χ3v) is 6.50. The molecule has 0 atom stereocenters. The Balaban J connectivity index is 1.60. The second kappa shape index (κ2) is 7.19.